The van der Waals surface area contributed by atoms with Gasteiger partial charge in [-0.05, 0) is 25.6 Å². The van der Waals surface area contributed by atoms with Crippen LogP contribution >= 0.6 is 0 Å². The largest absolute Gasteiger partial charge is 0.487 e. The van der Waals surface area contributed by atoms with Crippen molar-refractivity contribution in [1.29, 1.82) is 0 Å². The van der Waals surface area contributed by atoms with E-state index in [1.165, 1.54) is 0 Å². The van der Waals surface area contributed by atoms with E-state index in [0.717, 1.165) is 17.9 Å². The van der Waals surface area contributed by atoms with E-state index in [1.54, 1.807) is 0 Å². The van der Waals surface area contributed by atoms with Crippen LogP contribution in [0.1, 0.15) is 6.92 Å². The Labute approximate surface area is 85.1 Å². The van der Waals surface area contributed by atoms with Gasteiger partial charge < -0.3 is 14.8 Å². The molecule has 3 heteroatoms. The van der Waals surface area contributed by atoms with Crippen LogP contribution in [-0.2, 0) is 9.47 Å². The molecule has 0 aromatic rings. The molecule has 0 aromatic carbocycles. The summed E-state index contributed by atoms with van der Waals surface area (Å²) in [5.74, 6) is 1.35. The number of likely N-dealkylation sites (N-methyl/N-ethyl adjacent to an activating group) is 1. The van der Waals surface area contributed by atoms with Crippen LogP contribution in [0.15, 0.2) is 35.8 Å². The Balaban J connectivity index is 2.68. The van der Waals surface area contributed by atoms with Crippen molar-refractivity contribution in [3.8, 4) is 0 Å². The summed E-state index contributed by atoms with van der Waals surface area (Å²) in [6, 6.07) is 0. The first-order chi connectivity index (χ1) is 6.77. The summed E-state index contributed by atoms with van der Waals surface area (Å²) in [6.07, 6.45) is 3.99. The zero-order chi connectivity index (χ0) is 10.4. The number of rotatable bonds is 3. The molecule has 1 heterocycles. The van der Waals surface area contributed by atoms with Gasteiger partial charge in [0.1, 0.15) is 13.2 Å². The summed E-state index contributed by atoms with van der Waals surface area (Å²) in [7, 11) is 1.91. The van der Waals surface area contributed by atoms with Crippen LogP contribution in [0.4, 0.5) is 0 Å². The first kappa shape index (κ1) is 10.9. The summed E-state index contributed by atoms with van der Waals surface area (Å²) >= 11 is 0. The molecule has 0 aromatic heterocycles. The first-order valence-electron chi connectivity index (χ1n) is 4.74. The third-order valence-electron chi connectivity index (χ3n) is 1.96. The molecule has 0 bridgehead atoms. The molecule has 0 unspecified atom stereocenters. The molecular formula is C11H17NO2. The van der Waals surface area contributed by atoms with Gasteiger partial charge in [0.15, 0.2) is 11.5 Å². The van der Waals surface area contributed by atoms with E-state index in [1.807, 2.05) is 26.1 Å². The normalized spacial score (nSPS) is 20.6. The zero-order valence-corrected chi connectivity index (χ0v) is 8.80. The molecule has 1 N–H and O–H groups in total. The van der Waals surface area contributed by atoms with E-state index in [9.17, 15) is 0 Å². The molecule has 0 aliphatic carbocycles. The molecule has 1 rings (SSSR count). The summed E-state index contributed by atoms with van der Waals surface area (Å²) in [6.45, 7) is 7.78. The number of hydrogen-bond acceptors (Lipinski definition) is 3. The molecule has 14 heavy (non-hydrogen) atoms. The fourth-order valence-electron chi connectivity index (χ4n) is 1.20. The molecule has 1 fully saturated rings. The lowest BCUT2D eigenvalue weighted by atomic mass is 10.2. The maximum Gasteiger partial charge on any atom is 0.161 e. The lowest BCUT2D eigenvalue weighted by molar-refractivity contribution is 0.0604. The zero-order valence-electron chi connectivity index (χ0n) is 8.80. The van der Waals surface area contributed by atoms with Crippen LogP contribution in [-0.4, -0.2) is 26.8 Å². The van der Waals surface area contributed by atoms with Crippen molar-refractivity contribution in [3.63, 3.8) is 0 Å². The van der Waals surface area contributed by atoms with Crippen molar-refractivity contribution in [3.05, 3.63) is 35.8 Å². The van der Waals surface area contributed by atoms with Crippen LogP contribution in [0.25, 0.3) is 0 Å². The third-order valence-corrected chi connectivity index (χ3v) is 1.96. The second-order valence-corrected chi connectivity index (χ2v) is 3.02. The standard InChI is InChI=1S/C11H17NO2/c1-4-10(8-12-3)7-11-9(2)13-5-6-14-11/h4,7,12H,2,5-6,8H2,1,3H3/b10-4+,11-7+. The van der Waals surface area contributed by atoms with Crippen molar-refractivity contribution in [2.75, 3.05) is 26.8 Å². The van der Waals surface area contributed by atoms with Gasteiger partial charge in [0, 0.05) is 6.54 Å². The minimum Gasteiger partial charge on any atom is -0.487 e. The van der Waals surface area contributed by atoms with Gasteiger partial charge in [-0.2, -0.15) is 0 Å². The van der Waals surface area contributed by atoms with Crippen molar-refractivity contribution in [2.24, 2.45) is 0 Å². The van der Waals surface area contributed by atoms with Gasteiger partial charge in [-0.15, -0.1) is 0 Å². The predicted molar refractivity (Wildman–Crippen MR) is 56.8 cm³/mol. The second-order valence-electron chi connectivity index (χ2n) is 3.02. The molecule has 0 radical (unpaired) electrons. The fourth-order valence-corrected chi connectivity index (χ4v) is 1.20. The number of allylic oxidation sites excluding steroid dienone is 1. The lowest BCUT2D eigenvalue weighted by Gasteiger charge is -2.20. The van der Waals surface area contributed by atoms with E-state index in [-0.39, 0.29) is 0 Å². The summed E-state index contributed by atoms with van der Waals surface area (Å²) < 4.78 is 10.7. The maximum absolute atomic E-state index is 5.44. The Morgan fingerprint density at radius 1 is 1.50 bits per heavy atom. The summed E-state index contributed by atoms with van der Waals surface area (Å²) in [4.78, 5) is 0. The fraction of sp³-hybridized carbons (Fsp3) is 0.455. The van der Waals surface area contributed by atoms with E-state index in [2.05, 4.69) is 11.9 Å². The molecule has 0 atom stereocenters. The summed E-state index contributed by atoms with van der Waals surface area (Å²) in [5, 5.41) is 3.08. The van der Waals surface area contributed by atoms with Crippen molar-refractivity contribution in [1.82, 2.24) is 5.32 Å². The molecule has 1 saturated heterocycles. The molecule has 0 spiro atoms. The van der Waals surface area contributed by atoms with E-state index < -0.39 is 0 Å². The smallest absolute Gasteiger partial charge is 0.161 e. The predicted octanol–water partition coefficient (Wildman–Crippen LogP) is 1.60. The molecule has 3 nitrogen and oxygen atoms in total. The van der Waals surface area contributed by atoms with Gasteiger partial charge in [0.2, 0.25) is 0 Å². The van der Waals surface area contributed by atoms with Crippen molar-refractivity contribution < 1.29 is 9.47 Å². The minimum absolute atomic E-state index is 0.591. The third kappa shape index (κ3) is 2.92. The van der Waals surface area contributed by atoms with Gasteiger partial charge in [-0.3, -0.25) is 0 Å². The highest BCUT2D eigenvalue weighted by atomic mass is 16.6. The molecular weight excluding hydrogens is 178 g/mol. The molecule has 1 aliphatic heterocycles. The Bertz CT molecular complexity index is 266. The maximum atomic E-state index is 5.44. The van der Waals surface area contributed by atoms with Crippen molar-refractivity contribution in [2.45, 2.75) is 6.92 Å². The number of hydrogen-bond donors (Lipinski definition) is 1. The second kappa shape index (κ2) is 5.50. The molecule has 0 amide bonds. The minimum atomic E-state index is 0.591. The first-order valence-corrected chi connectivity index (χ1v) is 4.74. The SMILES string of the molecule is C=C1OCCO/C1=C/C(=C\C)CNC. The number of nitrogens with one attached hydrogen (secondary N) is 1. The van der Waals surface area contributed by atoms with Gasteiger partial charge in [0.05, 0.1) is 0 Å². The van der Waals surface area contributed by atoms with Crippen molar-refractivity contribution >= 4 is 0 Å². The molecule has 1 aliphatic rings. The summed E-state index contributed by atoms with van der Waals surface area (Å²) in [5.41, 5.74) is 1.16. The highest BCUT2D eigenvalue weighted by molar-refractivity contribution is 5.30. The Morgan fingerprint density at radius 3 is 2.79 bits per heavy atom. The van der Waals surface area contributed by atoms with Crippen LogP contribution in [0.3, 0.4) is 0 Å². The van der Waals surface area contributed by atoms with Crippen LogP contribution in [0.2, 0.25) is 0 Å². The van der Waals surface area contributed by atoms with E-state index in [0.29, 0.717) is 19.0 Å². The Morgan fingerprint density at radius 2 is 2.21 bits per heavy atom. The van der Waals surface area contributed by atoms with E-state index >= 15 is 0 Å². The monoisotopic (exact) mass is 195 g/mol. The average Bonchev–Trinajstić information content (AvgIpc) is 2.20. The van der Waals surface area contributed by atoms with Crippen LogP contribution in [0, 0.1) is 0 Å². The Hall–Kier alpha value is -1.22. The quantitative estimate of drug-likeness (QED) is 0.742. The van der Waals surface area contributed by atoms with Gasteiger partial charge in [-0.1, -0.05) is 12.7 Å². The average molecular weight is 195 g/mol. The van der Waals surface area contributed by atoms with Gasteiger partial charge in [0.25, 0.3) is 0 Å². The van der Waals surface area contributed by atoms with E-state index in [4.69, 9.17) is 9.47 Å². The van der Waals surface area contributed by atoms with Gasteiger partial charge in [-0.25, -0.2) is 0 Å². The topological polar surface area (TPSA) is 30.5 Å². The molecule has 0 saturated carbocycles. The van der Waals surface area contributed by atoms with Crippen LogP contribution < -0.4 is 5.32 Å². The number of ether oxygens (including phenoxy) is 2. The highest BCUT2D eigenvalue weighted by Crippen LogP contribution is 2.17. The highest BCUT2D eigenvalue weighted by Gasteiger charge is 2.11. The van der Waals surface area contributed by atoms with Crippen LogP contribution in [0.5, 0.6) is 0 Å². The lowest BCUT2D eigenvalue weighted by Crippen LogP contribution is -2.15. The molecule has 78 valence electrons. The Kier molecular flexibility index (Phi) is 4.26. The van der Waals surface area contributed by atoms with Gasteiger partial charge >= 0.3 is 0 Å².